The fourth-order valence-corrected chi connectivity index (χ4v) is 2.30. The monoisotopic (exact) mass is 267 g/mol. The van der Waals surface area contributed by atoms with Crippen LogP contribution in [0, 0.1) is 0 Å². The van der Waals surface area contributed by atoms with E-state index in [9.17, 15) is 0 Å². The van der Waals surface area contributed by atoms with Gasteiger partial charge >= 0.3 is 0 Å². The van der Waals surface area contributed by atoms with Crippen LogP contribution in [0.2, 0.25) is 0 Å². The highest BCUT2D eigenvalue weighted by Crippen LogP contribution is 2.18. The summed E-state index contributed by atoms with van der Waals surface area (Å²) in [6.07, 6.45) is 0.754. The molecule has 0 spiro atoms. The molecular formula is C16H17N3O. The number of nitrogens with zero attached hydrogens (tertiary/aromatic N) is 1. The second-order valence-corrected chi connectivity index (χ2v) is 4.77. The van der Waals surface area contributed by atoms with E-state index in [1.807, 2.05) is 30.3 Å². The van der Waals surface area contributed by atoms with E-state index < -0.39 is 0 Å². The minimum atomic E-state index is 0.542. The van der Waals surface area contributed by atoms with Gasteiger partial charge in [0.15, 0.2) is 0 Å². The van der Waals surface area contributed by atoms with Gasteiger partial charge in [0.1, 0.15) is 11.6 Å². The fraction of sp³-hybridized carbons (Fsp3) is 0.188. The average molecular weight is 267 g/mol. The molecule has 3 aromatic rings. The van der Waals surface area contributed by atoms with Crippen LogP contribution in [0.3, 0.4) is 0 Å². The summed E-state index contributed by atoms with van der Waals surface area (Å²) >= 11 is 0. The van der Waals surface area contributed by atoms with Crippen LogP contribution < -0.4 is 10.5 Å². The molecular weight excluding hydrogens is 250 g/mol. The van der Waals surface area contributed by atoms with Crippen molar-refractivity contribution in [2.24, 2.45) is 5.73 Å². The molecule has 0 saturated heterocycles. The van der Waals surface area contributed by atoms with Gasteiger partial charge in [0.2, 0.25) is 0 Å². The lowest BCUT2D eigenvalue weighted by atomic mass is 10.1. The summed E-state index contributed by atoms with van der Waals surface area (Å²) in [7, 11) is 1.68. The molecule has 1 aromatic heterocycles. The van der Waals surface area contributed by atoms with Gasteiger partial charge in [-0.1, -0.05) is 18.2 Å². The summed E-state index contributed by atoms with van der Waals surface area (Å²) in [5, 5.41) is 0. The number of methoxy groups -OCH3 is 1. The summed E-state index contributed by atoms with van der Waals surface area (Å²) in [5.41, 5.74) is 9.94. The van der Waals surface area contributed by atoms with Gasteiger partial charge in [0.05, 0.1) is 18.1 Å². The molecule has 1 heterocycles. The van der Waals surface area contributed by atoms with Crippen molar-refractivity contribution in [2.45, 2.75) is 13.0 Å². The molecule has 0 bridgehead atoms. The second kappa shape index (κ2) is 5.35. The van der Waals surface area contributed by atoms with Gasteiger partial charge in [-0.25, -0.2) is 4.98 Å². The Bertz CT molecular complexity index is 733. The molecule has 0 aliphatic rings. The number of rotatable bonds is 4. The van der Waals surface area contributed by atoms with Crippen molar-refractivity contribution in [1.29, 1.82) is 0 Å². The SMILES string of the molecule is COc1cccc(Cc2nc3ccc(CN)cc3[nH]2)c1. The van der Waals surface area contributed by atoms with Crippen molar-refractivity contribution in [2.75, 3.05) is 7.11 Å². The van der Waals surface area contributed by atoms with Crippen LogP contribution >= 0.6 is 0 Å². The third kappa shape index (κ3) is 2.51. The molecule has 4 heteroatoms. The van der Waals surface area contributed by atoms with Crippen LogP contribution in [0.1, 0.15) is 17.0 Å². The summed E-state index contributed by atoms with van der Waals surface area (Å²) < 4.78 is 5.24. The Hall–Kier alpha value is -2.33. The number of nitrogens with one attached hydrogen (secondary N) is 1. The number of aromatic nitrogens is 2. The third-order valence-electron chi connectivity index (χ3n) is 3.34. The zero-order valence-electron chi connectivity index (χ0n) is 11.4. The van der Waals surface area contributed by atoms with Gasteiger partial charge in [-0.2, -0.15) is 0 Å². The van der Waals surface area contributed by atoms with Crippen LogP contribution in [0.25, 0.3) is 11.0 Å². The number of ether oxygens (including phenoxy) is 1. The third-order valence-corrected chi connectivity index (χ3v) is 3.34. The summed E-state index contributed by atoms with van der Waals surface area (Å²) in [6, 6.07) is 14.1. The highest BCUT2D eigenvalue weighted by Gasteiger charge is 2.05. The van der Waals surface area contributed by atoms with Crippen LogP contribution in [0.4, 0.5) is 0 Å². The maximum atomic E-state index is 5.65. The maximum absolute atomic E-state index is 5.65. The molecule has 20 heavy (non-hydrogen) atoms. The molecule has 4 nitrogen and oxygen atoms in total. The van der Waals surface area contributed by atoms with E-state index in [-0.39, 0.29) is 0 Å². The summed E-state index contributed by atoms with van der Waals surface area (Å²) in [6.45, 7) is 0.542. The van der Waals surface area contributed by atoms with Crippen molar-refractivity contribution in [3.63, 3.8) is 0 Å². The Morgan fingerprint density at radius 1 is 1.15 bits per heavy atom. The molecule has 0 aliphatic carbocycles. The molecule has 102 valence electrons. The molecule has 3 N–H and O–H groups in total. The van der Waals surface area contributed by atoms with E-state index >= 15 is 0 Å². The maximum Gasteiger partial charge on any atom is 0.119 e. The minimum absolute atomic E-state index is 0.542. The van der Waals surface area contributed by atoms with E-state index in [4.69, 9.17) is 10.5 Å². The average Bonchev–Trinajstić information content (AvgIpc) is 2.88. The van der Waals surface area contributed by atoms with Crippen molar-refractivity contribution in [3.05, 3.63) is 59.4 Å². The van der Waals surface area contributed by atoms with E-state index in [1.165, 1.54) is 5.56 Å². The first-order chi connectivity index (χ1) is 9.78. The fourth-order valence-electron chi connectivity index (χ4n) is 2.30. The number of imidazole rings is 1. The van der Waals surface area contributed by atoms with Gasteiger partial charge in [-0.3, -0.25) is 0 Å². The highest BCUT2D eigenvalue weighted by molar-refractivity contribution is 5.75. The highest BCUT2D eigenvalue weighted by atomic mass is 16.5. The second-order valence-electron chi connectivity index (χ2n) is 4.77. The Labute approximate surface area is 117 Å². The van der Waals surface area contributed by atoms with Gasteiger partial charge in [-0.05, 0) is 35.4 Å². The number of hydrogen-bond donors (Lipinski definition) is 2. The van der Waals surface area contributed by atoms with Crippen molar-refractivity contribution in [1.82, 2.24) is 9.97 Å². The summed E-state index contributed by atoms with van der Waals surface area (Å²) in [4.78, 5) is 7.95. The lowest BCUT2D eigenvalue weighted by Crippen LogP contribution is -1.95. The largest absolute Gasteiger partial charge is 0.497 e. The Morgan fingerprint density at radius 2 is 2.05 bits per heavy atom. The van der Waals surface area contributed by atoms with Crippen molar-refractivity contribution in [3.8, 4) is 5.75 Å². The Balaban J connectivity index is 1.90. The molecule has 0 atom stereocenters. The van der Waals surface area contributed by atoms with E-state index in [1.54, 1.807) is 7.11 Å². The van der Waals surface area contributed by atoms with Crippen LogP contribution in [0.5, 0.6) is 5.75 Å². The summed E-state index contributed by atoms with van der Waals surface area (Å²) in [5.74, 6) is 1.81. The number of hydrogen-bond acceptors (Lipinski definition) is 3. The van der Waals surface area contributed by atoms with Gasteiger partial charge < -0.3 is 15.5 Å². The molecule has 0 amide bonds. The molecule has 0 unspecified atom stereocenters. The van der Waals surface area contributed by atoms with Gasteiger partial charge in [-0.15, -0.1) is 0 Å². The first-order valence-corrected chi connectivity index (χ1v) is 6.59. The topological polar surface area (TPSA) is 63.9 Å². The Kier molecular flexibility index (Phi) is 3.39. The first kappa shape index (κ1) is 12.7. The predicted molar refractivity (Wildman–Crippen MR) is 79.8 cm³/mol. The molecule has 3 rings (SSSR count). The smallest absolute Gasteiger partial charge is 0.119 e. The minimum Gasteiger partial charge on any atom is -0.497 e. The van der Waals surface area contributed by atoms with Crippen LogP contribution in [-0.4, -0.2) is 17.1 Å². The molecule has 2 aromatic carbocycles. The number of H-pyrrole nitrogens is 1. The normalized spacial score (nSPS) is 10.9. The van der Waals surface area contributed by atoms with Gasteiger partial charge in [0, 0.05) is 13.0 Å². The van der Waals surface area contributed by atoms with E-state index in [0.29, 0.717) is 6.54 Å². The number of aromatic amines is 1. The lowest BCUT2D eigenvalue weighted by Gasteiger charge is -2.02. The predicted octanol–water partition coefficient (Wildman–Crippen LogP) is 2.62. The van der Waals surface area contributed by atoms with E-state index in [0.717, 1.165) is 34.6 Å². The standard InChI is InChI=1S/C16H17N3O/c1-20-13-4-2-3-11(7-13)9-16-18-14-6-5-12(10-17)8-15(14)19-16/h2-8H,9-10,17H2,1H3,(H,18,19). The first-order valence-electron chi connectivity index (χ1n) is 6.59. The van der Waals surface area contributed by atoms with Crippen molar-refractivity contribution >= 4 is 11.0 Å². The lowest BCUT2D eigenvalue weighted by molar-refractivity contribution is 0.414. The number of fused-ring (bicyclic) bond motifs is 1. The quantitative estimate of drug-likeness (QED) is 0.763. The molecule has 0 saturated carbocycles. The van der Waals surface area contributed by atoms with Crippen LogP contribution in [0.15, 0.2) is 42.5 Å². The van der Waals surface area contributed by atoms with E-state index in [2.05, 4.69) is 22.1 Å². The zero-order valence-corrected chi connectivity index (χ0v) is 11.4. The number of benzene rings is 2. The molecule has 0 fully saturated rings. The van der Waals surface area contributed by atoms with Gasteiger partial charge in [0.25, 0.3) is 0 Å². The number of nitrogens with two attached hydrogens (primary N) is 1. The Morgan fingerprint density at radius 3 is 2.85 bits per heavy atom. The zero-order chi connectivity index (χ0) is 13.9. The molecule has 0 radical (unpaired) electrons. The molecule has 0 aliphatic heterocycles. The van der Waals surface area contributed by atoms with Crippen LogP contribution in [-0.2, 0) is 13.0 Å². The van der Waals surface area contributed by atoms with Crippen molar-refractivity contribution < 1.29 is 4.74 Å².